The quantitative estimate of drug-likeness (QED) is 0.820. The van der Waals surface area contributed by atoms with E-state index in [0.717, 1.165) is 12.8 Å². The number of hydrogen-bond acceptors (Lipinski definition) is 2. The van der Waals surface area contributed by atoms with Crippen LogP contribution in [-0.2, 0) is 4.79 Å². The fourth-order valence-electron chi connectivity index (χ4n) is 2.93. The number of urea groups is 1. The highest BCUT2D eigenvalue weighted by Crippen LogP contribution is 2.29. The summed E-state index contributed by atoms with van der Waals surface area (Å²) in [7, 11) is 0. The van der Waals surface area contributed by atoms with Crippen LogP contribution >= 0.6 is 0 Å². The molecule has 1 aliphatic heterocycles. The van der Waals surface area contributed by atoms with Gasteiger partial charge in [0, 0.05) is 25.6 Å². The Kier molecular flexibility index (Phi) is 4.66. The van der Waals surface area contributed by atoms with Crippen molar-refractivity contribution in [1.82, 2.24) is 10.2 Å². The predicted octanol–water partition coefficient (Wildman–Crippen LogP) is 2.07. The third-order valence-electron chi connectivity index (χ3n) is 4.57. The van der Waals surface area contributed by atoms with E-state index >= 15 is 0 Å². The molecule has 0 spiro atoms. The normalized spacial score (nSPS) is 22.7. The van der Waals surface area contributed by atoms with E-state index < -0.39 is 5.97 Å². The average molecular weight is 268 g/mol. The van der Waals surface area contributed by atoms with Crippen molar-refractivity contribution >= 4 is 12.0 Å². The first-order valence-corrected chi connectivity index (χ1v) is 7.33. The molecule has 2 aliphatic rings. The van der Waals surface area contributed by atoms with Crippen LogP contribution < -0.4 is 5.32 Å². The summed E-state index contributed by atoms with van der Waals surface area (Å²) in [5.74, 6) is 0.139. The van der Waals surface area contributed by atoms with Crippen molar-refractivity contribution in [1.29, 1.82) is 0 Å². The smallest absolute Gasteiger partial charge is 0.317 e. The van der Waals surface area contributed by atoms with Gasteiger partial charge < -0.3 is 15.3 Å². The molecule has 0 bridgehead atoms. The van der Waals surface area contributed by atoms with Crippen molar-refractivity contribution in [3.8, 4) is 0 Å². The molecule has 5 nitrogen and oxygen atoms in total. The molecule has 1 saturated heterocycles. The van der Waals surface area contributed by atoms with E-state index in [4.69, 9.17) is 5.11 Å². The van der Waals surface area contributed by atoms with Gasteiger partial charge in [-0.05, 0) is 44.4 Å². The lowest BCUT2D eigenvalue weighted by Gasteiger charge is -2.36. The summed E-state index contributed by atoms with van der Waals surface area (Å²) < 4.78 is 0. The Morgan fingerprint density at radius 3 is 2.37 bits per heavy atom. The lowest BCUT2D eigenvalue weighted by atomic mass is 9.80. The summed E-state index contributed by atoms with van der Waals surface area (Å²) in [5.41, 5.74) is 0. The van der Waals surface area contributed by atoms with E-state index in [1.54, 1.807) is 0 Å². The Bertz CT molecular complexity index is 334. The zero-order valence-electron chi connectivity index (χ0n) is 11.6. The average Bonchev–Trinajstić information content (AvgIpc) is 2.26. The van der Waals surface area contributed by atoms with Gasteiger partial charge >= 0.3 is 12.0 Å². The number of piperidine rings is 1. The number of carbonyl (C=O) groups excluding carboxylic acids is 1. The summed E-state index contributed by atoms with van der Waals surface area (Å²) in [4.78, 5) is 24.6. The largest absolute Gasteiger partial charge is 0.481 e. The first-order valence-electron chi connectivity index (χ1n) is 7.33. The molecule has 2 N–H and O–H groups in total. The molecule has 0 radical (unpaired) electrons. The molecule has 1 atom stereocenters. The van der Waals surface area contributed by atoms with Crippen molar-refractivity contribution in [3.63, 3.8) is 0 Å². The molecule has 2 rings (SSSR count). The van der Waals surface area contributed by atoms with Gasteiger partial charge in [0.2, 0.25) is 0 Å². The number of nitrogens with zero attached hydrogens (tertiary/aromatic N) is 1. The fourth-order valence-corrected chi connectivity index (χ4v) is 2.93. The Hall–Kier alpha value is -1.26. The van der Waals surface area contributed by atoms with Gasteiger partial charge in [-0.1, -0.05) is 6.42 Å². The molecule has 1 saturated carbocycles. The van der Waals surface area contributed by atoms with E-state index in [1.807, 2.05) is 4.90 Å². The highest BCUT2D eigenvalue weighted by atomic mass is 16.4. The second-order valence-electron chi connectivity index (χ2n) is 5.96. The number of amides is 2. The van der Waals surface area contributed by atoms with E-state index in [1.165, 1.54) is 19.3 Å². The molecule has 0 aromatic heterocycles. The van der Waals surface area contributed by atoms with Crippen LogP contribution in [0.3, 0.4) is 0 Å². The number of hydrogen-bond donors (Lipinski definition) is 2. The van der Waals surface area contributed by atoms with Crippen LogP contribution in [0.1, 0.15) is 45.4 Å². The topological polar surface area (TPSA) is 69.6 Å². The summed E-state index contributed by atoms with van der Waals surface area (Å²) in [6, 6.07) is 0.283. The SMILES string of the molecule is CC(NC(=O)N1CCC(CC(=O)O)CC1)C1CCC1. The molecule has 19 heavy (non-hydrogen) atoms. The molecule has 2 amide bonds. The summed E-state index contributed by atoms with van der Waals surface area (Å²) in [5, 5.41) is 11.8. The molecule has 2 fully saturated rings. The second-order valence-corrected chi connectivity index (χ2v) is 5.96. The van der Waals surface area contributed by atoms with Crippen LogP contribution in [0.25, 0.3) is 0 Å². The number of likely N-dealkylation sites (tertiary alicyclic amines) is 1. The monoisotopic (exact) mass is 268 g/mol. The predicted molar refractivity (Wildman–Crippen MR) is 71.9 cm³/mol. The van der Waals surface area contributed by atoms with E-state index in [9.17, 15) is 9.59 Å². The number of carboxylic acid groups (broad SMARTS) is 1. The van der Waals surface area contributed by atoms with Gasteiger partial charge in [0.15, 0.2) is 0 Å². The van der Waals surface area contributed by atoms with Gasteiger partial charge in [0.25, 0.3) is 0 Å². The third kappa shape index (κ3) is 3.85. The maximum Gasteiger partial charge on any atom is 0.317 e. The van der Waals surface area contributed by atoms with Gasteiger partial charge in [-0.3, -0.25) is 4.79 Å². The van der Waals surface area contributed by atoms with Crippen molar-refractivity contribution < 1.29 is 14.7 Å². The molecule has 108 valence electrons. The van der Waals surface area contributed by atoms with Crippen molar-refractivity contribution in [3.05, 3.63) is 0 Å². The Morgan fingerprint density at radius 1 is 1.26 bits per heavy atom. The van der Waals surface area contributed by atoms with E-state index in [-0.39, 0.29) is 24.4 Å². The highest BCUT2D eigenvalue weighted by molar-refractivity contribution is 5.74. The minimum Gasteiger partial charge on any atom is -0.481 e. The maximum atomic E-state index is 12.1. The molecule has 1 heterocycles. The molecular weight excluding hydrogens is 244 g/mol. The molecule has 5 heteroatoms. The van der Waals surface area contributed by atoms with Gasteiger partial charge in [0.05, 0.1) is 0 Å². The second kappa shape index (κ2) is 6.26. The lowest BCUT2D eigenvalue weighted by Crippen LogP contribution is -2.49. The Balaban J connectivity index is 1.71. The Labute approximate surface area is 114 Å². The lowest BCUT2D eigenvalue weighted by molar-refractivity contribution is -0.138. The number of rotatable bonds is 4. The first kappa shape index (κ1) is 14.2. The van der Waals surface area contributed by atoms with E-state index in [2.05, 4.69) is 12.2 Å². The van der Waals surface area contributed by atoms with Crippen LogP contribution in [0, 0.1) is 11.8 Å². The van der Waals surface area contributed by atoms with Gasteiger partial charge in [-0.15, -0.1) is 0 Å². The van der Waals surface area contributed by atoms with Gasteiger partial charge in [-0.2, -0.15) is 0 Å². The molecule has 1 unspecified atom stereocenters. The fraction of sp³-hybridized carbons (Fsp3) is 0.857. The van der Waals surface area contributed by atoms with Crippen LogP contribution in [-0.4, -0.2) is 41.1 Å². The van der Waals surface area contributed by atoms with Crippen molar-refractivity contribution in [2.75, 3.05) is 13.1 Å². The van der Waals surface area contributed by atoms with E-state index in [0.29, 0.717) is 19.0 Å². The minimum atomic E-state index is -0.735. The molecule has 0 aromatic carbocycles. The van der Waals surface area contributed by atoms with Gasteiger partial charge in [0.1, 0.15) is 0 Å². The standard InChI is InChI=1S/C14H24N2O3/c1-10(12-3-2-4-12)15-14(19)16-7-5-11(6-8-16)9-13(17)18/h10-12H,2-9H2,1H3,(H,15,19)(H,17,18). The summed E-state index contributed by atoms with van der Waals surface area (Å²) in [6.07, 6.45) is 5.57. The maximum absolute atomic E-state index is 12.1. The number of carbonyl (C=O) groups is 2. The molecule has 1 aliphatic carbocycles. The number of carboxylic acids is 1. The van der Waals surface area contributed by atoms with Crippen LogP contribution in [0.4, 0.5) is 4.79 Å². The Morgan fingerprint density at radius 2 is 1.89 bits per heavy atom. The van der Waals surface area contributed by atoms with Gasteiger partial charge in [-0.25, -0.2) is 4.79 Å². The van der Waals surface area contributed by atoms with Crippen molar-refractivity contribution in [2.45, 2.75) is 51.5 Å². The van der Waals surface area contributed by atoms with Crippen LogP contribution in [0.5, 0.6) is 0 Å². The third-order valence-corrected chi connectivity index (χ3v) is 4.57. The van der Waals surface area contributed by atoms with Crippen LogP contribution in [0.2, 0.25) is 0 Å². The minimum absolute atomic E-state index is 0.0215. The molecular formula is C14H24N2O3. The number of aliphatic carboxylic acids is 1. The summed E-state index contributed by atoms with van der Waals surface area (Å²) >= 11 is 0. The van der Waals surface area contributed by atoms with Crippen LogP contribution in [0.15, 0.2) is 0 Å². The van der Waals surface area contributed by atoms with Crippen molar-refractivity contribution in [2.24, 2.45) is 11.8 Å². The molecule has 0 aromatic rings. The summed E-state index contributed by atoms with van der Waals surface area (Å²) in [6.45, 7) is 3.45. The first-order chi connectivity index (χ1) is 9.06. The highest BCUT2D eigenvalue weighted by Gasteiger charge is 2.28. The zero-order valence-corrected chi connectivity index (χ0v) is 11.6. The number of nitrogens with one attached hydrogen (secondary N) is 1. The zero-order chi connectivity index (χ0) is 13.8.